The molecule has 0 saturated carbocycles. The topological polar surface area (TPSA) is 41.5 Å². The van der Waals surface area contributed by atoms with Crippen molar-refractivity contribution >= 4 is 11.6 Å². The first kappa shape index (κ1) is 10.5. The fraction of sp³-hybridized carbons (Fsp3) is 0.333. The van der Waals surface area contributed by atoms with Gasteiger partial charge in [-0.25, -0.2) is 5.48 Å². The van der Waals surface area contributed by atoms with Crippen molar-refractivity contribution in [1.82, 2.24) is 5.48 Å². The lowest BCUT2D eigenvalue weighted by molar-refractivity contribution is 0.157. The van der Waals surface area contributed by atoms with Gasteiger partial charge in [-0.1, -0.05) is 23.7 Å². The van der Waals surface area contributed by atoms with Gasteiger partial charge in [-0.3, -0.25) is 0 Å². The molecule has 0 aromatic heterocycles. The quantitative estimate of drug-likeness (QED) is 0.732. The van der Waals surface area contributed by atoms with Crippen LogP contribution in [-0.2, 0) is 17.9 Å². The first-order valence-electron chi connectivity index (χ1n) is 3.91. The Morgan fingerprint density at radius 3 is 2.92 bits per heavy atom. The molecule has 0 aliphatic rings. The van der Waals surface area contributed by atoms with E-state index in [0.29, 0.717) is 18.2 Å². The summed E-state index contributed by atoms with van der Waals surface area (Å²) in [6, 6.07) is 5.56. The van der Waals surface area contributed by atoms with Crippen LogP contribution in [-0.4, -0.2) is 12.3 Å². The number of methoxy groups -OCH3 is 1. The van der Waals surface area contributed by atoms with Crippen molar-refractivity contribution < 1.29 is 9.94 Å². The van der Waals surface area contributed by atoms with Gasteiger partial charge in [-0.2, -0.15) is 0 Å². The summed E-state index contributed by atoms with van der Waals surface area (Å²) in [5.41, 5.74) is 3.94. The summed E-state index contributed by atoms with van der Waals surface area (Å²) in [6.45, 7) is 0.829. The SMILES string of the molecule is COCc1cccc(Cl)c1CNO. The van der Waals surface area contributed by atoms with E-state index in [0.717, 1.165) is 11.1 Å². The molecule has 1 aromatic rings. The molecule has 1 rings (SSSR count). The molecule has 0 radical (unpaired) electrons. The number of hydroxylamine groups is 1. The maximum Gasteiger partial charge on any atom is 0.0716 e. The van der Waals surface area contributed by atoms with Gasteiger partial charge in [0.25, 0.3) is 0 Å². The third-order valence-corrected chi connectivity index (χ3v) is 2.13. The summed E-state index contributed by atoms with van der Waals surface area (Å²) < 4.78 is 5.00. The second-order valence-electron chi connectivity index (χ2n) is 2.65. The van der Waals surface area contributed by atoms with Gasteiger partial charge in [0, 0.05) is 18.7 Å². The number of rotatable bonds is 4. The van der Waals surface area contributed by atoms with E-state index in [1.165, 1.54) is 0 Å². The molecule has 3 nitrogen and oxygen atoms in total. The van der Waals surface area contributed by atoms with Crippen LogP contribution in [0.25, 0.3) is 0 Å². The van der Waals surface area contributed by atoms with E-state index in [-0.39, 0.29) is 0 Å². The first-order valence-corrected chi connectivity index (χ1v) is 4.29. The summed E-state index contributed by atoms with van der Waals surface area (Å²) in [6.07, 6.45) is 0. The molecule has 13 heavy (non-hydrogen) atoms. The van der Waals surface area contributed by atoms with Crippen molar-refractivity contribution in [3.8, 4) is 0 Å². The molecule has 0 aliphatic heterocycles. The van der Waals surface area contributed by atoms with Gasteiger partial charge in [0.1, 0.15) is 0 Å². The second kappa shape index (κ2) is 5.19. The molecule has 0 aliphatic carbocycles. The van der Waals surface area contributed by atoms with Crippen LogP contribution < -0.4 is 5.48 Å². The maximum atomic E-state index is 8.59. The Morgan fingerprint density at radius 2 is 2.31 bits per heavy atom. The van der Waals surface area contributed by atoms with Gasteiger partial charge < -0.3 is 9.94 Å². The zero-order valence-electron chi connectivity index (χ0n) is 7.38. The van der Waals surface area contributed by atoms with Crippen molar-refractivity contribution in [3.05, 3.63) is 34.3 Å². The van der Waals surface area contributed by atoms with Crippen molar-refractivity contribution in [2.24, 2.45) is 0 Å². The molecule has 0 heterocycles. The highest BCUT2D eigenvalue weighted by Gasteiger charge is 2.05. The van der Waals surface area contributed by atoms with Gasteiger partial charge in [0.2, 0.25) is 0 Å². The summed E-state index contributed by atoms with van der Waals surface area (Å²) >= 11 is 5.94. The number of nitrogens with one attached hydrogen (secondary N) is 1. The molecule has 4 heteroatoms. The lowest BCUT2D eigenvalue weighted by Crippen LogP contribution is -2.09. The third kappa shape index (κ3) is 2.67. The Labute approximate surface area is 82.2 Å². The Bertz CT molecular complexity index is 278. The molecule has 0 saturated heterocycles. The number of benzene rings is 1. The third-order valence-electron chi connectivity index (χ3n) is 1.77. The van der Waals surface area contributed by atoms with E-state index in [9.17, 15) is 0 Å². The highest BCUT2D eigenvalue weighted by Crippen LogP contribution is 2.20. The smallest absolute Gasteiger partial charge is 0.0716 e. The average molecular weight is 202 g/mol. The minimum Gasteiger partial charge on any atom is -0.380 e. The van der Waals surface area contributed by atoms with Gasteiger partial charge in [-0.15, -0.1) is 0 Å². The molecular formula is C9H12ClNO2. The first-order chi connectivity index (χ1) is 6.29. The van der Waals surface area contributed by atoms with Crippen LogP contribution in [0.5, 0.6) is 0 Å². The van der Waals surface area contributed by atoms with Crippen LogP contribution >= 0.6 is 11.6 Å². The van der Waals surface area contributed by atoms with Crippen LogP contribution in [0.2, 0.25) is 5.02 Å². The lowest BCUT2D eigenvalue weighted by Gasteiger charge is -2.09. The molecule has 0 atom stereocenters. The number of hydrogen-bond acceptors (Lipinski definition) is 3. The Morgan fingerprint density at radius 1 is 1.54 bits per heavy atom. The molecule has 0 fully saturated rings. The van der Waals surface area contributed by atoms with Crippen LogP contribution in [0.1, 0.15) is 11.1 Å². The normalized spacial score (nSPS) is 10.4. The van der Waals surface area contributed by atoms with Crippen molar-refractivity contribution in [2.75, 3.05) is 7.11 Å². The van der Waals surface area contributed by atoms with E-state index >= 15 is 0 Å². The zero-order valence-corrected chi connectivity index (χ0v) is 8.14. The van der Waals surface area contributed by atoms with Crippen molar-refractivity contribution in [1.29, 1.82) is 0 Å². The summed E-state index contributed by atoms with van der Waals surface area (Å²) in [5, 5.41) is 9.22. The monoisotopic (exact) mass is 201 g/mol. The Hall–Kier alpha value is -0.610. The Kier molecular flexibility index (Phi) is 4.18. The van der Waals surface area contributed by atoms with Gasteiger partial charge in [0.15, 0.2) is 0 Å². The fourth-order valence-corrected chi connectivity index (χ4v) is 1.43. The predicted octanol–water partition coefficient (Wildman–Crippen LogP) is 1.97. The minimum atomic E-state index is 0.332. The van der Waals surface area contributed by atoms with E-state index in [1.807, 2.05) is 12.1 Å². The van der Waals surface area contributed by atoms with E-state index < -0.39 is 0 Å². The van der Waals surface area contributed by atoms with Crippen molar-refractivity contribution in [3.63, 3.8) is 0 Å². The van der Waals surface area contributed by atoms with Gasteiger partial charge >= 0.3 is 0 Å². The molecule has 0 bridgehead atoms. The minimum absolute atomic E-state index is 0.332. The van der Waals surface area contributed by atoms with Gasteiger partial charge in [-0.05, 0) is 17.2 Å². The lowest BCUT2D eigenvalue weighted by atomic mass is 10.1. The molecule has 1 aromatic carbocycles. The van der Waals surface area contributed by atoms with Gasteiger partial charge in [0.05, 0.1) is 6.61 Å². The van der Waals surface area contributed by atoms with E-state index in [2.05, 4.69) is 5.48 Å². The predicted molar refractivity (Wildman–Crippen MR) is 50.8 cm³/mol. The van der Waals surface area contributed by atoms with Crippen LogP contribution in [0.4, 0.5) is 0 Å². The van der Waals surface area contributed by atoms with Crippen molar-refractivity contribution in [2.45, 2.75) is 13.2 Å². The standard InChI is InChI=1S/C9H12ClNO2/c1-13-6-7-3-2-4-9(10)8(7)5-11-12/h2-4,11-12H,5-6H2,1H3. The largest absolute Gasteiger partial charge is 0.380 e. The highest BCUT2D eigenvalue weighted by atomic mass is 35.5. The molecule has 0 spiro atoms. The summed E-state index contributed by atoms with van der Waals surface area (Å²) in [4.78, 5) is 0. The number of halogens is 1. The van der Waals surface area contributed by atoms with E-state index in [4.69, 9.17) is 21.5 Å². The Balaban J connectivity index is 2.95. The molecular weight excluding hydrogens is 190 g/mol. The number of hydrogen-bond donors (Lipinski definition) is 2. The zero-order chi connectivity index (χ0) is 9.68. The second-order valence-corrected chi connectivity index (χ2v) is 3.05. The van der Waals surface area contributed by atoms with E-state index in [1.54, 1.807) is 13.2 Å². The van der Waals surface area contributed by atoms with Crippen LogP contribution in [0.3, 0.4) is 0 Å². The summed E-state index contributed by atoms with van der Waals surface area (Å²) in [5.74, 6) is 0. The average Bonchev–Trinajstić information content (AvgIpc) is 2.11. The van der Waals surface area contributed by atoms with Crippen LogP contribution in [0, 0.1) is 0 Å². The maximum absolute atomic E-state index is 8.59. The highest BCUT2D eigenvalue weighted by molar-refractivity contribution is 6.31. The summed E-state index contributed by atoms with van der Waals surface area (Å²) in [7, 11) is 1.62. The molecule has 72 valence electrons. The molecule has 0 amide bonds. The number of ether oxygens (including phenoxy) is 1. The van der Waals surface area contributed by atoms with Crippen LogP contribution in [0.15, 0.2) is 18.2 Å². The molecule has 2 N–H and O–H groups in total. The molecule has 0 unspecified atom stereocenters. The fourth-order valence-electron chi connectivity index (χ4n) is 1.17.